The molecule has 0 spiro atoms. The Bertz CT molecular complexity index is 210. The Balaban J connectivity index is 2.85. The van der Waals surface area contributed by atoms with Crippen LogP contribution in [0.4, 0.5) is 0 Å². The molecule has 1 aromatic rings. The number of aromatic amines is 1. The highest BCUT2D eigenvalue weighted by molar-refractivity contribution is 5.42. The van der Waals surface area contributed by atoms with Gasteiger partial charge in [0, 0.05) is 0 Å². The highest BCUT2D eigenvalue weighted by atomic mass is 14.9. The van der Waals surface area contributed by atoms with Gasteiger partial charge in [0.15, 0.2) is 0 Å². The number of hydrogen-bond acceptors (Lipinski definition) is 1. The topological polar surface area (TPSA) is 28.7 Å². The van der Waals surface area contributed by atoms with Crippen LogP contribution in [0.1, 0.15) is 18.4 Å². The van der Waals surface area contributed by atoms with E-state index in [1.165, 1.54) is 0 Å². The summed E-state index contributed by atoms with van der Waals surface area (Å²) in [5.74, 6) is 0.961. The van der Waals surface area contributed by atoms with E-state index in [4.69, 9.17) is 0 Å². The van der Waals surface area contributed by atoms with Crippen LogP contribution in [-0.4, -0.2) is 9.97 Å². The molecule has 0 aliphatic rings. The summed E-state index contributed by atoms with van der Waals surface area (Å²) in [4.78, 5) is 7.11. The molecule has 0 fully saturated rings. The van der Waals surface area contributed by atoms with Crippen LogP contribution in [0.15, 0.2) is 12.3 Å². The average molecular weight is 122 g/mol. The third-order valence-electron chi connectivity index (χ3n) is 1.07. The summed E-state index contributed by atoms with van der Waals surface area (Å²) in [7, 11) is 0. The minimum atomic E-state index is 0.961. The first-order valence-electron chi connectivity index (χ1n) is 2.97. The fraction of sp³-hybridized carbons (Fsp3) is 0.286. The highest BCUT2D eigenvalue weighted by Gasteiger charge is 1.87. The Morgan fingerprint density at radius 2 is 2.44 bits per heavy atom. The Morgan fingerprint density at radius 1 is 1.67 bits per heavy atom. The number of hydrogen-bond donors (Lipinski definition) is 1. The smallest absolute Gasteiger partial charge is 0.103 e. The van der Waals surface area contributed by atoms with Crippen molar-refractivity contribution in [2.24, 2.45) is 0 Å². The summed E-state index contributed by atoms with van der Waals surface area (Å²) in [6.07, 6.45) is 5.78. The van der Waals surface area contributed by atoms with Crippen LogP contribution < -0.4 is 0 Å². The molecule has 1 heterocycles. The van der Waals surface area contributed by atoms with E-state index in [2.05, 4.69) is 9.97 Å². The van der Waals surface area contributed by atoms with Crippen molar-refractivity contribution in [1.29, 1.82) is 0 Å². The van der Waals surface area contributed by atoms with Gasteiger partial charge in [0.1, 0.15) is 5.82 Å². The molecule has 0 saturated carbocycles. The zero-order valence-electron chi connectivity index (χ0n) is 5.68. The third-order valence-corrected chi connectivity index (χ3v) is 1.07. The van der Waals surface area contributed by atoms with Crippen molar-refractivity contribution in [3.63, 3.8) is 0 Å². The summed E-state index contributed by atoms with van der Waals surface area (Å²) in [5.41, 5.74) is 1.06. The molecule has 0 aromatic carbocycles. The highest BCUT2D eigenvalue weighted by Crippen LogP contribution is 1.96. The predicted octanol–water partition coefficient (Wildman–Crippen LogP) is 1.75. The van der Waals surface area contributed by atoms with Crippen LogP contribution in [0, 0.1) is 6.92 Å². The summed E-state index contributed by atoms with van der Waals surface area (Å²) in [6.45, 7) is 3.92. The number of nitrogens with one attached hydrogen (secondary N) is 1. The predicted molar refractivity (Wildman–Crippen MR) is 38.0 cm³/mol. The molecule has 0 amide bonds. The van der Waals surface area contributed by atoms with Crippen molar-refractivity contribution in [3.05, 3.63) is 23.8 Å². The van der Waals surface area contributed by atoms with Crippen LogP contribution in [-0.2, 0) is 0 Å². The molecular weight excluding hydrogens is 112 g/mol. The van der Waals surface area contributed by atoms with Crippen molar-refractivity contribution in [1.82, 2.24) is 9.97 Å². The second-order valence-electron chi connectivity index (χ2n) is 1.92. The Morgan fingerprint density at radius 3 is 2.89 bits per heavy atom. The van der Waals surface area contributed by atoms with Crippen molar-refractivity contribution < 1.29 is 0 Å². The summed E-state index contributed by atoms with van der Waals surface area (Å²) < 4.78 is 0. The van der Waals surface area contributed by atoms with Gasteiger partial charge in [0.2, 0.25) is 0 Å². The fourth-order valence-corrected chi connectivity index (χ4v) is 0.704. The molecule has 0 aliphatic carbocycles. The van der Waals surface area contributed by atoms with Gasteiger partial charge in [0.25, 0.3) is 0 Å². The lowest BCUT2D eigenvalue weighted by Crippen LogP contribution is -1.71. The maximum Gasteiger partial charge on any atom is 0.103 e. The van der Waals surface area contributed by atoms with Crippen molar-refractivity contribution in [2.75, 3.05) is 0 Å². The largest absolute Gasteiger partial charge is 0.343 e. The lowest BCUT2D eigenvalue weighted by Gasteiger charge is -1.79. The van der Waals surface area contributed by atoms with Gasteiger partial charge in [-0.2, -0.15) is 0 Å². The van der Waals surface area contributed by atoms with Crippen LogP contribution in [0.25, 0.3) is 6.08 Å². The molecule has 0 radical (unpaired) electrons. The minimum Gasteiger partial charge on any atom is -0.343 e. The zero-order valence-corrected chi connectivity index (χ0v) is 5.68. The van der Waals surface area contributed by atoms with Gasteiger partial charge in [-0.15, -0.1) is 0 Å². The summed E-state index contributed by atoms with van der Waals surface area (Å²) in [5, 5.41) is 0. The average Bonchev–Trinajstić information content (AvgIpc) is 2.17. The Hall–Kier alpha value is -1.05. The molecule has 2 nitrogen and oxygen atoms in total. The Labute approximate surface area is 54.6 Å². The summed E-state index contributed by atoms with van der Waals surface area (Å²) in [6, 6.07) is 0. The normalized spacial score (nSPS) is 10.9. The number of H-pyrrole nitrogens is 1. The van der Waals surface area contributed by atoms with E-state index in [-0.39, 0.29) is 0 Å². The van der Waals surface area contributed by atoms with Crippen molar-refractivity contribution in [2.45, 2.75) is 13.8 Å². The number of aromatic nitrogens is 2. The molecule has 0 bridgehead atoms. The number of imidazole rings is 1. The molecule has 0 unspecified atom stereocenters. The molecule has 0 aliphatic heterocycles. The molecule has 0 saturated heterocycles. The fourth-order valence-electron chi connectivity index (χ4n) is 0.704. The second kappa shape index (κ2) is 2.49. The first-order valence-corrected chi connectivity index (χ1v) is 2.97. The van der Waals surface area contributed by atoms with Gasteiger partial charge >= 0.3 is 0 Å². The van der Waals surface area contributed by atoms with Crippen LogP contribution in [0.5, 0.6) is 0 Å². The molecule has 1 rings (SSSR count). The SMILES string of the molecule is CC=Cc1cnc(C)[nH]1. The maximum atomic E-state index is 4.03. The first kappa shape index (κ1) is 6.08. The van der Waals surface area contributed by atoms with Gasteiger partial charge < -0.3 is 4.98 Å². The molecule has 1 aromatic heterocycles. The Kier molecular flexibility index (Phi) is 1.68. The van der Waals surface area contributed by atoms with E-state index in [1.807, 2.05) is 32.2 Å². The summed E-state index contributed by atoms with van der Waals surface area (Å²) >= 11 is 0. The van der Waals surface area contributed by atoms with Gasteiger partial charge in [-0.3, -0.25) is 0 Å². The van der Waals surface area contributed by atoms with E-state index in [1.54, 1.807) is 0 Å². The van der Waals surface area contributed by atoms with Gasteiger partial charge in [-0.1, -0.05) is 6.08 Å². The van der Waals surface area contributed by atoms with Gasteiger partial charge in [-0.25, -0.2) is 4.98 Å². The lowest BCUT2D eigenvalue weighted by molar-refractivity contribution is 1.15. The van der Waals surface area contributed by atoms with Crippen molar-refractivity contribution in [3.8, 4) is 0 Å². The van der Waals surface area contributed by atoms with Gasteiger partial charge in [-0.05, 0) is 19.9 Å². The van der Waals surface area contributed by atoms with E-state index in [0.29, 0.717) is 0 Å². The van der Waals surface area contributed by atoms with E-state index in [9.17, 15) is 0 Å². The zero-order chi connectivity index (χ0) is 6.69. The van der Waals surface area contributed by atoms with Crippen LogP contribution in [0.3, 0.4) is 0 Å². The van der Waals surface area contributed by atoms with Crippen molar-refractivity contribution >= 4 is 6.08 Å². The molecule has 0 atom stereocenters. The number of allylic oxidation sites excluding steroid dienone is 1. The van der Waals surface area contributed by atoms with E-state index < -0.39 is 0 Å². The number of nitrogens with zero attached hydrogens (tertiary/aromatic N) is 1. The maximum absolute atomic E-state index is 4.03. The van der Waals surface area contributed by atoms with Gasteiger partial charge in [0.05, 0.1) is 11.9 Å². The second-order valence-corrected chi connectivity index (χ2v) is 1.92. The monoisotopic (exact) mass is 122 g/mol. The molecular formula is C7H10N2. The molecule has 48 valence electrons. The van der Waals surface area contributed by atoms with Crippen LogP contribution in [0.2, 0.25) is 0 Å². The lowest BCUT2D eigenvalue weighted by atomic mass is 10.4. The quantitative estimate of drug-likeness (QED) is 0.604. The number of rotatable bonds is 1. The minimum absolute atomic E-state index is 0.961. The third kappa shape index (κ3) is 1.42. The van der Waals surface area contributed by atoms with E-state index in [0.717, 1.165) is 11.5 Å². The molecule has 9 heavy (non-hydrogen) atoms. The van der Waals surface area contributed by atoms with E-state index >= 15 is 0 Å². The first-order chi connectivity index (χ1) is 4.33. The molecule has 1 N–H and O–H groups in total. The molecule has 2 heteroatoms. The number of aryl methyl sites for hydroxylation is 1. The van der Waals surface area contributed by atoms with Crippen LogP contribution >= 0.6 is 0 Å². The standard InChI is InChI=1S/C7H10N2/c1-3-4-7-5-8-6(2)9-7/h3-5H,1-2H3,(H,8,9).